The number of hydrogen-bond acceptors (Lipinski definition) is 1. The normalized spacial score (nSPS) is 11.6. The van der Waals surface area contributed by atoms with Crippen molar-refractivity contribution >= 4 is 38.3 Å². The summed E-state index contributed by atoms with van der Waals surface area (Å²) in [4.78, 5) is 12.9. The minimum absolute atomic E-state index is 0. The molecule has 1 atom stereocenters. The molecule has 0 saturated carbocycles. The van der Waals surface area contributed by atoms with Crippen LogP contribution in [0.4, 0.5) is 0 Å². The molecule has 1 radical (unpaired) electrons. The van der Waals surface area contributed by atoms with E-state index in [1.54, 1.807) is 0 Å². The second kappa shape index (κ2) is 8.01. The molecule has 0 aliphatic heterocycles. The second-order valence-corrected chi connectivity index (χ2v) is 8.66. The zero-order valence-electron chi connectivity index (χ0n) is 16.3. The van der Waals surface area contributed by atoms with Crippen LogP contribution in [-0.4, -0.2) is 24.4 Å². The zero-order valence-corrected chi connectivity index (χ0v) is 17.3. The predicted molar refractivity (Wildman–Crippen MR) is 109 cm³/mol. The number of hydrogen-bond donors (Lipinski definition) is 0. The molecule has 123 valence electrons. The van der Waals surface area contributed by atoms with Crippen molar-refractivity contribution in [1.82, 2.24) is 0 Å². The van der Waals surface area contributed by atoms with E-state index in [0.29, 0.717) is 0 Å². The molecule has 24 heavy (non-hydrogen) atoms. The fourth-order valence-corrected chi connectivity index (χ4v) is 4.23. The maximum Gasteiger partial charge on any atom is 0.186 e. The van der Waals surface area contributed by atoms with Gasteiger partial charge < -0.3 is 0 Å². The molecule has 2 rings (SSSR count). The summed E-state index contributed by atoms with van der Waals surface area (Å²) < 4.78 is 0. The van der Waals surface area contributed by atoms with Gasteiger partial charge in [-0.25, -0.2) is 0 Å². The van der Waals surface area contributed by atoms with Crippen LogP contribution in [0.5, 0.6) is 0 Å². The molecule has 0 N–H and O–H groups in total. The molecule has 0 amide bonds. The quantitative estimate of drug-likeness (QED) is 0.572. The summed E-state index contributed by atoms with van der Waals surface area (Å²) >= 11 is 0. The summed E-state index contributed by atoms with van der Waals surface area (Å²) in [6.07, 6.45) is 0. The van der Waals surface area contributed by atoms with Crippen LogP contribution < -0.4 is 5.30 Å². The van der Waals surface area contributed by atoms with Crippen LogP contribution in [0.2, 0.25) is 0 Å². The van der Waals surface area contributed by atoms with Crippen molar-refractivity contribution < 1.29 is 4.79 Å². The van der Waals surface area contributed by atoms with E-state index in [1.807, 2.05) is 32.0 Å². The van der Waals surface area contributed by atoms with E-state index < -0.39 is 0 Å². The van der Waals surface area contributed by atoms with Crippen molar-refractivity contribution in [2.24, 2.45) is 0 Å². The molecule has 0 aliphatic carbocycles. The largest absolute Gasteiger partial charge is 0.289 e. The average molecular weight is 333 g/mol. The van der Waals surface area contributed by atoms with E-state index in [2.05, 4.69) is 46.8 Å². The van der Waals surface area contributed by atoms with Crippen molar-refractivity contribution in [3.05, 3.63) is 63.7 Å². The Balaban J connectivity index is 0.00000288. The topological polar surface area (TPSA) is 17.1 Å². The fourth-order valence-electron chi connectivity index (χ4n) is 2.94. The third-order valence-electron chi connectivity index (χ3n) is 4.35. The first kappa shape index (κ1) is 21.2. The Bertz CT molecular complexity index is 714. The van der Waals surface area contributed by atoms with Crippen LogP contribution in [0.15, 0.2) is 30.3 Å². The molecule has 1 unspecified atom stereocenters. The van der Waals surface area contributed by atoms with E-state index in [-0.39, 0.29) is 38.4 Å². The van der Waals surface area contributed by atoms with E-state index >= 15 is 0 Å². The van der Waals surface area contributed by atoms with Crippen LogP contribution in [0.1, 0.15) is 58.9 Å². The van der Waals surface area contributed by atoms with Crippen molar-refractivity contribution in [3.63, 3.8) is 0 Å². The summed E-state index contributed by atoms with van der Waals surface area (Å²) in [7, 11) is 0.187. The molecule has 0 aromatic heterocycles. The minimum Gasteiger partial charge on any atom is -0.289 e. The average Bonchev–Trinajstić information content (AvgIpc) is 2.41. The molecule has 0 heterocycles. The number of carbonyl (C=O) groups excluding carboxylic acids is 1. The Hall–Kier alpha value is -0.863. The number of carbonyl (C=O) groups is 1. The Labute approximate surface area is 160 Å². The van der Waals surface area contributed by atoms with Gasteiger partial charge in [0.05, 0.1) is 0 Å². The first-order valence-electron chi connectivity index (χ1n) is 8.10. The minimum atomic E-state index is 0. The summed E-state index contributed by atoms with van der Waals surface area (Å²) in [5.74, 6) is 0. The van der Waals surface area contributed by atoms with Gasteiger partial charge in [0.1, 0.15) is 0 Å². The molecule has 0 bridgehead atoms. The van der Waals surface area contributed by atoms with Gasteiger partial charge in [-0.05, 0) is 74.8 Å². The van der Waals surface area contributed by atoms with Crippen LogP contribution >= 0.6 is 8.58 Å². The maximum atomic E-state index is 12.9. The molecule has 0 fully saturated rings. The SMILES string of the molecule is Cc1cc(C(C)(C)C)cc(C)c1PC(=O)c1c(C)cccc1C.[Li]. The Morgan fingerprint density at radius 2 is 1.33 bits per heavy atom. The standard InChI is InChI=1S/C21H27OP.Li/c1-13-9-8-10-14(2)18(13)20(22)23-19-15(3)11-17(12-16(19)4)21(5,6)7;/h8-12,23H,1-7H3;. The van der Waals surface area contributed by atoms with E-state index in [0.717, 1.165) is 16.7 Å². The predicted octanol–water partition coefficient (Wildman–Crippen LogP) is 4.98. The first-order chi connectivity index (χ1) is 10.6. The van der Waals surface area contributed by atoms with Gasteiger partial charge in [-0.3, -0.25) is 4.79 Å². The molecule has 1 nitrogen and oxygen atoms in total. The maximum absolute atomic E-state index is 12.9. The van der Waals surface area contributed by atoms with Gasteiger partial charge in [0.25, 0.3) is 0 Å². The van der Waals surface area contributed by atoms with Crippen molar-refractivity contribution in [3.8, 4) is 0 Å². The molecule has 2 aromatic rings. The summed E-state index contributed by atoms with van der Waals surface area (Å²) in [5, 5.41) is 1.20. The number of aryl methyl sites for hydroxylation is 4. The summed E-state index contributed by atoms with van der Waals surface area (Å²) in [6, 6.07) is 10.5. The second-order valence-electron chi connectivity index (χ2n) is 7.46. The van der Waals surface area contributed by atoms with Crippen LogP contribution in [0.3, 0.4) is 0 Å². The van der Waals surface area contributed by atoms with Gasteiger partial charge in [0.2, 0.25) is 0 Å². The molecule has 3 heteroatoms. The van der Waals surface area contributed by atoms with Gasteiger partial charge in [-0.15, -0.1) is 0 Å². The molecule has 0 saturated heterocycles. The van der Waals surface area contributed by atoms with E-state index in [1.165, 1.54) is 22.0 Å². The Morgan fingerprint density at radius 1 is 0.875 bits per heavy atom. The summed E-state index contributed by atoms with van der Waals surface area (Å²) in [6.45, 7) is 15.0. The smallest absolute Gasteiger partial charge is 0.186 e. The Kier molecular flexibility index (Phi) is 7.07. The third kappa shape index (κ3) is 4.61. The van der Waals surface area contributed by atoms with Gasteiger partial charge >= 0.3 is 0 Å². The van der Waals surface area contributed by atoms with Gasteiger partial charge in [0, 0.05) is 24.4 Å². The van der Waals surface area contributed by atoms with Crippen molar-refractivity contribution in [2.45, 2.75) is 53.9 Å². The van der Waals surface area contributed by atoms with Crippen molar-refractivity contribution in [2.75, 3.05) is 0 Å². The molecule has 0 aliphatic rings. The summed E-state index contributed by atoms with van der Waals surface area (Å²) in [5.41, 5.74) is 7.21. The van der Waals surface area contributed by atoms with Crippen LogP contribution in [0.25, 0.3) is 0 Å². The third-order valence-corrected chi connectivity index (χ3v) is 5.86. The molecular formula is C21H27LiOP. The van der Waals surface area contributed by atoms with Gasteiger partial charge in [-0.1, -0.05) is 51.1 Å². The zero-order chi connectivity index (χ0) is 17.4. The fraction of sp³-hybridized carbons (Fsp3) is 0.381. The first-order valence-corrected chi connectivity index (χ1v) is 9.10. The van der Waals surface area contributed by atoms with Crippen molar-refractivity contribution in [1.29, 1.82) is 0 Å². The van der Waals surface area contributed by atoms with Gasteiger partial charge in [0.15, 0.2) is 5.52 Å². The monoisotopic (exact) mass is 333 g/mol. The number of rotatable bonds is 3. The van der Waals surface area contributed by atoms with E-state index in [9.17, 15) is 4.79 Å². The number of benzene rings is 2. The molecule has 2 aromatic carbocycles. The molecular weight excluding hydrogens is 306 g/mol. The van der Waals surface area contributed by atoms with Crippen LogP contribution in [-0.2, 0) is 5.41 Å². The van der Waals surface area contributed by atoms with E-state index in [4.69, 9.17) is 0 Å². The molecule has 0 spiro atoms. The van der Waals surface area contributed by atoms with Gasteiger partial charge in [-0.2, -0.15) is 0 Å². The van der Waals surface area contributed by atoms with Crippen LogP contribution in [0, 0.1) is 27.7 Å². The Morgan fingerprint density at radius 3 is 1.75 bits per heavy atom.